The molecule has 12 heteroatoms. The Bertz CT molecular complexity index is 1200. The maximum Gasteiger partial charge on any atom is 0.422 e. The molecule has 0 fully saturated rings. The Morgan fingerprint density at radius 3 is 2.39 bits per heavy atom. The van der Waals surface area contributed by atoms with Gasteiger partial charge >= 0.3 is 17.5 Å². The van der Waals surface area contributed by atoms with Crippen LogP contribution >= 0.6 is 0 Å². The molecule has 3 heterocycles. The Kier molecular flexibility index (Phi) is 4.49. The Balaban J connectivity index is 2.44. The van der Waals surface area contributed by atoms with E-state index in [9.17, 15) is 32.0 Å². The maximum atomic E-state index is 13.1. The van der Waals surface area contributed by atoms with Crippen molar-refractivity contribution >= 4 is 21.0 Å². The largest absolute Gasteiger partial charge is 0.711 e. The van der Waals surface area contributed by atoms with Gasteiger partial charge in [-0.2, -0.15) is 22.9 Å². The molecule has 150 valence electrons. The SMILES string of the molecule is CCS(=O)(=O)c1cc(C(F)(F)F)c[n+]([O-])c1-c1nc2cc(C)c[n+]([O-])c2n1C. The summed E-state index contributed by atoms with van der Waals surface area (Å²) in [6.07, 6.45) is -3.40. The molecule has 0 saturated heterocycles. The van der Waals surface area contributed by atoms with Crippen LogP contribution < -0.4 is 9.46 Å². The second-order valence-corrected chi connectivity index (χ2v) is 8.46. The molecule has 0 saturated carbocycles. The summed E-state index contributed by atoms with van der Waals surface area (Å²) >= 11 is 0. The molecule has 0 aliphatic rings. The molecule has 0 aliphatic carbocycles. The molecule has 0 spiro atoms. The maximum absolute atomic E-state index is 13.1. The lowest BCUT2D eigenvalue weighted by molar-refractivity contribution is -0.597. The Morgan fingerprint density at radius 1 is 1.18 bits per heavy atom. The lowest BCUT2D eigenvalue weighted by Gasteiger charge is -2.12. The predicted molar refractivity (Wildman–Crippen MR) is 91.5 cm³/mol. The molecule has 0 aliphatic heterocycles. The van der Waals surface area contributed by atoms with Crippen molar-refractivity contribution in [1.82, 2.24) is 9.55 Å². The van der Waals surface area contributed by atoms with E-state index in [-0.39, 0.29) is 27.9 Å². The molecule has 0 atom stereocenters. The zero-order valence-corrected chi connectivity index (χ0v) is 15.8. The molecule has 3 aromatic rings. The normalized spacial score (nSPS) is 12.6. The minimum atomic E-state index is -4.91. The van der Waals surface area contributed by atoms with Crippen molar-refractivity contribution in [3.63, 3.8) is 0 Å². The van der Waals surface area contributed by atoms with Crippen LogP contribution in [0.5, 0.6) is 0 Å². The third-order valence-corrected chi connectivity index (χ3v) is 5.98. The number of aryl methyl sites for hydroxylation is 2. The van der Waals surface area contributed by atoms with Crippen LogP contribution in [0.25, 0.3) is 22.7 Å². The number of hydrogen-bond acceptors (Lipinski definition) is 5. The monoisotopic (exact) mass is 416 g/mol. The molecular weight excluding hydrogens is 401 g/mol. The molecule has 3 rings (SSSR count). The fourth-order valence-corrected chi connectivity index (χ4v) is 3.98. The number of nitrogens with zero attached hydrogens (tertiary/aromatic N) is 4. The van der Waals surface area contributed by atoms with E-state index >= 15 is 0 Å². The van der Waals surface area contributed by atoms with Crippen LogP contribution in [0.4, 0.5) is 13.2 Å². The summed E-state index contributed by atoms with van der Waals surface area (Å²) in [4.78, 5) is 3.34. The van der Waals surface area contributed by atoms with Crippen molar-refractivity contribution in [3.8, 4) is 11.5 Å². The van der Waals surface area contributed by atoms with Gasteiger partial charge < -0.3 is 10.4 Å². The highest BCUT2D eigenvalue weighted by atomic mass is 32.2. The molecule has 0 N–H and O–H groups in total. The van der Waals surface area contributed by atoms with Gasteiger partial charge in [-0.25, -0.2) is 17.7 Å². The number of hydrogen-bond donors (Lipinski definition) is 0. The minimum absolute atomic E-state index is 0.0281. The van der Waals surface area contributed by atoms with Gasteiger partial charge in [-0.1, -0.05) is 6.92 Å². The summed E-state index contributed by atoms with van der Waals surface area (Å²) in [5.41, 5.74) is -1.21. The zero-order valence-electron chi connectivity index (χ0n) is 15.0. The Morgan fingerprint density at radius 2 is 1.82 bits per heavy atom. The molecule has 0 radical (unpaired) electrons. The third kappa shape index (κ3) is 3.13. The number of sulfone groups is 1. The van der Waals surface area contributed by atoms with Crippen LogP contribution in [0.2, 0.25) is 0 Å². The van der Waals surface area contributed by atoms with Crippen LogP contribution in [0.3, 0.4) is 0 Å². The summed E-state index contributed by atoms with van der Waals surface area (Å²) in [5, 5.41) is 24.6. The van der Waals surface area contributed by atoms with Gasteiger partial charge in [0.15, 0.2) is 21.6 Å². The standard InChI is InChI=1S/C16H15F3N4O4S/c1-4-28(26,27)12-6-10(16(17,18)19)8-22(24)13(12)14-20-11-5-9(2)7-23(25)15(11)21(14)3/h5-8H,4H2,1-3H3. The molecule has 8 nitrogen and oxygen atoms in total. The van der Waals surface area contributed by atoms with E-state index in [1.54, 1.807) is 13.0 Å². The fourth-order valence-electron chi connectivity index (χ4n) is 2.88. The lowest BCUT2D eigenvalue weighted by atomic mass is 10.2. The molecule has 0 unspecified atom stereocenters. The predicted octanol–water partition coefficient (Wildman–Crippen LogP) is 1.63. The second kappa shape index (κ2) is 6.33. The Hall–Kier alpha value is -2.89. The minimum Gasteiger partial charge on any atom is -0.711 e. The van der Waals surface area contributed by atoms with Crippen LogP contribution in [-0.4, -0.2) is 23.7 Å². The van der Waals surface area contributed by atoms with Crippen LogP contribution in [0, 0.1) is 17.3 Å². The summed E-state index contributed by atoms with van der Waals surface area (Å²) in [5.74, 6) is -0.757. The van der Waals surface area contributed by atoms with Gasteiger partial charge in [0.25, 0.3) is 5.82 Å². The number of imidazole rings is 1. The van der Waals surface area contributed by atoms with Gasteiger partial charge in [-0.05, 0) is 24.6 Å². The average molecular weight is 416 g/mol. The first-order valence-corrected chi connectivity index (χ1v) is 9.65. The second-order valence-electron chi connectivity index (χ2n) is 6.22. The molecular formula is C16H15F3N4O4S. The van der Waals surface area contributed by atoms with Gasteiger partial charge in [-0.3, -0.25) is 0 Å². The van der Waals surface area contributed by atoms with Crippen LogP contribution in [-0.2, 0) is 23.1 Å². The number of fused-ring (bicyclic) bond motifs is 1. The first kappa shape index (κ1) is 19.9. The highest BCUT2D eigenvalue weighted by Gasteiger charge is 2.39. The van der Waals surface area contributed by atoms with E-state index < -0.39 is 37.9 Å². The Labute approximate surface area is 157 Å². The molecule has 28 heavy (non-hydrogen) atoms. The molecule has 0 bridgehead atoms. The van der Waals surface area contributed by atoms with Gasteiger partial charge in [0.1, 0.15) is 10.5 Å². The highest BCUT2D eigenvalue weighted by Crippen LogP contribution is 2.33. The van der Waals surface area contributed by atoms with Crippen LogP contribution in [0.1, 0.15) is 18.1 Å². The lowest BCUT2D eigenvalue weighted by Crippen LogP contribution is -2.35. The summed E-state index contributed by atoms with van der Waals surface area (Å²) < 4.78 is 65.7. The van der Waals surface area contributed by atoms with E-state index in [1.807, 2.05) is 0 Å². The average Bonchev–Trinajstić information content (AvgIpc) is 2.89. The van der Waals surface area contributed by atoms with E-state index in [1.165, 1.54) is 24.7 Å². The van der Waals surface area contributed by atoms with E-state index in [0.717, 1.165) is 0 Å². The quantitative estimate of drug-likeness (QED) is 0.477. The first-order valence-electron chi connectivity index (χ1n) is 8.00. The van der Waals surface area contributed by atoms with Gasteiger partial charge in [0.05, 0.1) is 19.0 Å². The topological polar surface area (TPSA) is 106 Å². The van der Waals surface area contributed by atoms with Gasteiger partial charge in [0.2, 0.25) is 0 Å². The van der Waals surface area contributed by atoms with E-state index in [0.29, 0.717) is 16.4 Å². The van der Waals surface area contributed by atoms with E-state index in [4.69, 9.17) is 0 Å². The highest BCUT2D eigenvalue weighted by molar-refractivity contribution is 7.91. The van der Waals surface area contributed by atoms with Crippen molar-refractivity contribution < 1.29 is 31.0 Å². The molecule has 0 aromatic carbocycles. The van der Waals surface area contributed by atoms with E-state index in [2.05, 4.69) is 4.98 Å². The van der Waals surface area contributed by atoms with Crippen molar-refractivity contribution in [1.29, 1.82) is 0 Å². The van der Waals surface area contributed by atoms with Crippen molar-refractivity contribution in [2.75, 3.05) is 5.75 Å². The third-order valence-electron chi connectivity index (χ3n) is 4.24. The van der Waals surface area contributed by atoms with Gasteiger partial charge in [0, 0.05) is 0 Å². The van der Waals surface area contributed by atoms with Gasteiger partial charge in [-0.15, -0.1) is 0 Å². The number of pyridine rings is 2. The zero-order chi connectivity index (χ0) is 21.0. The number of aromatic nitrogens is 4. The molecule has 0 amide bonds. The number of halogens is 3. The summed E-state index contributed by atoms with van der Waals surface area (Å²) in [6.45, 7) is 2.89. The van der Waals surface area contributed by atoms with Crippen molar-refractivity contribution in [3.05, 3.63) is 46.1 Å². The smallest absolute Gasteiger partial charge is 0.422 e. The van der Waals surface area contributed by atoms with Crippen molar-refractivity contribution in [2.24, 2.45) is 7.05 Å². The van der Waals surface area contributed by atoms with Crippen molar-refractivity contribution in [2.45, 2.75) is 24.9 Å². The first-order chi connectivity index (χ1) is 12.9. The number of rotatable bonds is 3. The summed E-state index contributed by atoms with van der Waals surface area (Å²) in [6, 6.07) is 1.96. The van der Waals surface area contributed by atoms with Crippen LogP contribution in [0.15, 0.2) is 29.4 Å². The molecule has 3 aromatic heterocycles. The number of alkyl halides is 3. The summed E-state index contributed by atoms with van der Waals surface area (Å²) in [7, 11) is -2.84. The fraction of sp³-hybridized carbons (Fsp3) is 0.312.